The van der Waals surface area contributed by atoms with Crippen LogP contribution in [0.25, 0.3) is 0 Å². The molecule has 0 aliphatic carbocycles. The van der Waals surface area contributed by atoms with Gasteiger partial charge in [-0.3, -0.25) is 13.8 Å². The van der Waals surface area contributed by atoms with E-state index in [2.05, 4.69) is 42.6 Å². The number of phosphoric acid groups is 1. The minimum Gasteiger partial charge on any atom is -0.393 e. The van der Waals surface area contributed by atoms with E-state index < -0.39 is 38.6 Å². The topological polar surface area (TPSA) is 151 Å². The number of nitrogens with one attached hydrogen (secondary N) is 1. The first-order chi connectivity index (χ1) is 18.8. The van der Waals surface area contributed by atoms with Gasteiger partial charge in [0.25, 0.3) is 0 Å². The van der Waals surface area contributed by atoms with E-state index in [9.17, 15) is 24.5 Å². The molecule has 0 aliphatic rings. The van der Waals surface area contributed by atoms with Crippen LogP contribution in [-0.2, 0) is 18.4 Å². The van der Waals surface area contributed by atoms with Crippen LogP contribution in [0.15, 0.2) is 48.6 Å². The van der Waals surface area contributed by atoms with Gasteiger partial charge in [-0.2, -0.15) is 0 Å². The fourth-order valence-corrected chi connectivity index (χ4v) is 4.30. The summed E-state index contributed by atoms with van der Waals surface area (Å²) in [6.45, 7) is 3.56. The molecule has 0 aromatic carbocycles. The van der Waals surface area contributed by atoms with Crippen LogP contribution in [0.2, 0.25) is 0 Å². The quantitative estimate of drug-likeness (QED) is 0.0567. The van der Waals surface area contributed by atoms with E-state index in [-0.39, 0.29) is 19.6 Å². The van der Waals surface area contributed by atoms with Gasteiger partial charge in [0, 0.05) is 6.54 Å². The van der Waals surface area contributed by atoms with E-state index in [1.165, 1.54) is 18.9 Å². The second-order valence-electron chi connectivity index (χ2n) is 9.43. The van der Waals surface area contributed by atoms with Crippen molar-refractivity contribution < 1.29 is 33.5 Å². The molecule has 0 rings (SSSR count). The molecule has 0 radical (unpaired) electrons. The normalized spacial score (nSPS) is 16.4. The van der Waals surface area contributed by atoms with Gasteiger partial charge in [0.2, 0.25) is 5.91 Å². The third kappa shape index (κ3) is 24.0. The summed E-state index contributed by atoms with van der Waals surface area (Å²) < 4.78 is 21.7. The maximum Gasteiger partial charge on any atom is 0.472 e. The van der Waals surface area contributed by atoms with Crippen LogP contribution in [0.3, 0.4) is 0 Å². The van der Waals surface area contributed by atoms with Crippen LogP contribution in [-0.4, -0.2) is 59.0 Å². The Bertz CT molecular complexity index is 771. The number of rotatable bonds is 25. The molecule has 0 heterocycles. The van der Waals surface area contributed by atoms with Crippen molar-refractivity contribution in [1.29, 1.82) is 0 Å². The summed E-state index contributed by atoms with van der Waals surface area (Å²) in [5.41, 5.74) is 5.29. The predicted octanol–water partition coefficient (Wildman–Crippen LogP) is 5.23. The number of amides is 1. The molecule has 9 nitrogen and oxygen atoms in total. The van der Waals surface area contributed by atoms with Crippen molar-refractivity contribution in [3.8, 4) is 0 Å². The Balaban J connectivity index is 4.76. The number of aliphatic hydroxyl groups excluding tert-OH is 2. The van der Waals surface area contributed by atoms with E-state index in [1.807, 2.05) is 13.0 Å². The summed E-state index contributed by atoms with van der Waals surface area (Å²) in [6.07, 6.45) is 23.9. The standard InChI is InChI=1S/C29H53N2O7P/c1-3-5-7-9-11-13-15-17-19-21-28(33)27(25-38-39(35,36)37-23-22-30)31-29(34)24-26(32)20-18-16-14-12-10-8-6-4-2/h3,5,10-13,19,21,26-28,32-33H,4,6-9,14-18,20,22-25,30H2,1-2H3,(H,31,34)(H,35,36)/b5-3+,12-10-,13-11+,21-19+. The molecule has 4 atom stereocenters. The average molecular weight is 573 g/mol. The Morgan fingerprint density at radius 2 is 1.54 bits per heavy atom. The first-order valence-electron chi connectivity index (χ1n) is 14.3. The maximum atomic E-state index is 12.6. The Kier molecular flexibility index (Phi) is 24.4. The van der Waals surface area contributed by atoms with Crippen LogP contribution < -0.4 is 11.1 Å². The Morgan fingerprint density at radius 1 is 0.923 bits per heavy atom. The zero-order chi connectivity index (χ0) is 29.2. The van der Waals surface area contributed by atoms with Crippen molar-refractivity contribution in [2.45, 2.75) is 109 Å². The van der Waals surface area contributed by atoms with Gasteiger partial charge in [0.05, 0.1) is 37.9 Å². The summed E-state index contributed by atoms with van der Waals surface area (Å²) in [7, 11) is -4.39. The Hall–Kier alpha value is -1.58. The van der Waals surface area contributed by atoms with Gasteiger partial charge in [-0.05, 0) is 58.3 Å². The molecule has 6 N–H and O–H groups in total. The van der Waals surface area contributed by atoms with Crippen molar-refractivity contribution in [2.24, 2.45) is 5.73 Å². The molecule has 0 aromatic rings. The number of nitrogens with two attached hydrogens (primary N) is 1. The molecule has 10 heteroatoms. The number of unbranched alkanes of at least 4 members (excludes halogenated alkanes) is 6. The summed E-state index contributed by atoms with van der Waals surface area (Å²) in [5.74, 6) is -0.484. The highest BCUT2D eigenvalue weighted by Crippen LogP contribution is 2.43. The molecule has 0 aromatic heterocycles. The fourth-order valence-electron chi connectivity index (χ4n) is 3.54. The second kappa shape index (κ2) is 25.4. The first-order valence-corrected chi connectivity index (χ1v) is 15.8. The van der Waals surface area contributed by atoms with Crippen LogP contribution in [0.1, 0.15) is 90.9 Å². The van der Waals surface area contributed by atoms with E-state index in [0.717, 1.165) is 44.9 Å². The van der Waals surface area contributed by atoms with Crippen LogP contribution in [0.4, 0.5) is 0 Å². The molecule has 0 saturated carbocycles. The molecule has 0 saturated heterocycles. The Labute approximate surface area is 235 Å². The van der Waals surface area contributed by atoms with E-state index in [0.29, 0.717) is 12.8 Å². The number of carbonyl (C=O) groups is 1. The highest BCUT2D eigenvalue weighted by molar-refractivity contribution is 7.47. The minimum atomic E-state index is -4.39. The molecule has 4 unspecified atom stereocenters. The minimum absolute atomic E-state index is 0.0379. The van der Waals surface area contributed by atoms with Crippen molar-refractivity contribution >= 4 is 13.7 Å². The number of allylic oxidation sites excluding steroid dienone is 7. The van der Waals surface area contributed by atoms with Crippen LogP contribution in [0.5, 0.6) is 0 Å². The molecule has 0 bridgehead atoms. The van der Waals surface area contributed by atoms with Crippen molar-refractivity contribution in [3.63, 3.8) is 0 Å². The van der Waals surface area contributed by atoms with Gasteiger partial charge in [-0.1, -0.05) is 74.8 Å². The fraction of sp³-hybridized carbons (Fsp3) is 0.690. The molecule has 1 amide bonds. The molecule has 0 spiro atoms. The monoisotopic (exact) mass is 572 g/mol. The third-order valence-corrected chi connectivity index (χ3v) is 6.74. The summed E-state index contributed by atoms with van der Waals surface area (Å²) in [6, 6.07) is -1.01. The lowest BCUT2D eigenvalue weighted by Gasteiger charge is -2.24. The van der Waals surface area contributed by atoms with Gasteiger partial charge >= 0.3 is 7.82 Å². The number of phosphoric ester groups is 1. The number of hydrogen-bond donors (Lipinski definition) is 5. The molecule has 39 heavy (non-hydrogen) atoms. The summed E-state index contributed by atoms with van der Waals surface area (Å²) in [4.78, 5) is 22.4. The molecular formula is C29H53N2O7P. The highest BCUT2D eigenvalue weighted by Gasteiger charge is 2.27. The lowest BCUT2D eigenvalue weighted by molar-refractivity contribution is -0.124. The van der Waals surface area contributed by atoms with Crippen molar-refractivity contribution in [3.05, 3.63) is 48.6 Å². The predicted molar refractivity (Wildman–Crippen MR) is 158 cm³/mol. The largest absolute Gasteiger partial charge is 0.472 e. The average Bonchev–Trinajstić information content (AvgIpc) is 2.90. The van der Waals surface area contributed by atoms with Crippen molar-refractivity contribution in [2.75, 3.05) is 19.8 Å². The second-order valence-corrected chi connectivity index (χ2v) is 10.9. The van der Waals surface area contributed by atoms with Gasteiger partial charge < -0.3 is 26.2 Å². The number of hydrogen-bond acceptors (Lipinski definition) is 7. The molecule has 0 aliphatic heterocycles. The van der Waals surface area contributed by atoms with E-state index in [4.69, 9.17) is 14.8 Å². The smallest absolute Gasteiger partial charge is 0.393 e. The van der Waals surface area contributed by atoms with Gasteiger partial charge in [-0.15, -0.1) is 0 Å². The lowest BCUT2D eigenvalue weighted by atomic mass is 10.1. The van der Waals surface area contributed by atoms with Crippen molar-refractivity contribution in [1.82, 2.24) is 5.32 Å². The highest BCUT2D eigenvalue weighted by atomic mass is 31.2. The summed E-state index contributed by atoms with van der Waals surface area (Å²) >= 11 is 0. The third-order valence-electron chi connectivity index (χ3n) is 5.75. The lowest BCUT2D eigenvalue weighted by Crippen LogP contribution is -2.46. The van der Waals surface area contributed by atoms with Gasteiger partial charge in [0.1, 0.15) is 0 Å². The molecular weight excluding hydrogens is 519 g/mol. The SMILES string of the molecule is C/C=C/CC/C=C/CC/C=C/C(O)C(COP(=O)(O)OCCN)NC(=O)CC(O)CCCC/C=C\CCCC. The zero-order valence-electron chi connectivity index (χ0n) is 24.0. The van der Waals surface area contributed by atoms with E-state index in [1.54, 1.807) is 6.08 Å². The van der Waals surface area contributed by atoms with E-state index >= 15 is 0 Å². The zero-order valence-corrected chi connectivity index (χ0v) is 24.9. The van der Waals surface area contributed by atoms with Crippen LogP contribution >= 0.6 is 7.82 Å². The van der Waals surface area contributed by atoms with Crippen LogP contribution in [0, 0.1) is 0 Å². The van der Waals surface area contributed by atoms with Gasteiger partial charge in [0.15, 0.2) is 0 Å². The summed E-state index contributed by atoms with van der Waals surface area (Å²) in [5, 5.41) is 23.5. The number of aliphatic hydroxyl groups is 2. The molecule has 0 fully saturated rings. The van der Waals surface area contributed by atoms with Gasteiger partial charge in [-0.25, -0.2) is 4.57 Å². The molecule has 226 valence electrons. The maximum absolute atomic E-state index is 12.6. The number of carbonyl (C=O) groups excluding carboxylic acids is 1. The Morgan fingerprint density at radius 3 is 2.18 bits per heavy atom. The first kappa shape index (κ1) is 37.4.